The molecule has 102 valence electrons. The van der Waals surface area contributed by atoms with Crippen LogP contribution in [0.4, 0.5) is 0 Å². The first kappa shape index (κ1) is 12.5. The van der Waals surface area contributed by atoms with Crippen LogP contribution in [0.15, 0.2) is 24.3 Å². The second kappa shape index (κ2) is 4.87. The highest BCUT2D eigenvalue weighted by Crippen LogP contribution is 2.38. The molecule has 1 saturated heterocycles. The van der Waals surface area contributed by atoms with Gasteiger partial charge in [-0.1, -0.05) is 6.08 Å². The van der Waals surface area contributed by atoms with Crippen LogP contribution in [0, 0.1) is 0 Å². The Morgan fingerprint density at radius 3 is 3.16 bits per heavy atom. The summed E-state index contributed by atoms with van der Waals surface area (Å²) in [4.78, 5) is 2.36. The van der Waals surface area contributed by atoms with Crippen molar-refractivity contribution >= 4 is 6.08 Å². The van der Waals surface area contributed by atoms with E-state index in [4.69, 9.17) is 15.2 Å². The van der Waals surface area contributed by atoms with E-state index in [1.807, 2.05) is 18.2 Å². The maximum absolute atomic E-state index is 6.25. The Morgan fingerprint density at radius 1 is 1.47 bits per heavy atom. The second-order valence-electron chi connectivity index (χ2n) is 5.22. The SMILES string of the molecule is COc1ccc2c(c1)OC1(C=C2)CCN(CCN)C1. The van der Waals surface area contributed by atoms with Gasteiger partial charge in [-0.25, -0.2) is 0 Å². The fourth-order valence-corrected chi connectivity index (χ4v) is 2.84. The van der Waals surface area contributed by atoms with Crippen molar-refractivity contribution < 1.29 is 9.47 Å². The van der Waals surface area contributed by atoms with Crippen LogP contribution in [-0.2, 0) is 0 Å². The summed E-state index contributed by atoms with van der Waals surface area (Å²) in [6.07, 6.45) is 5.36. The lowest BCUT2D eigenvalue weighted by Crippen LogP contribution is -2.39. The number of hydrogen-bond donors (Lipinski definition) is 1. The maximum Gasteiger partial charge on any atom is 0.141 e. The van der Waals surface area contributed by atoms with Crippen molar-refractivity contribution in [2.75, 3.05) is 33.3 Å². The Labute approximate surface area is 113 Å². The Bertz CT molecular complexity index is 501. The van der Waals surface area contributed by atoms with Gasteiger partial charge in [-0.3, -0.25) is 4.90 Å². The third-order valence-electron chi connectivity index (χ3n) is 3.89. The fourth-order valence-electron chi connectivity index (χ4n) is 2.84. The Morgan fingerprint density at radius 2 is 2.37 bits per heavy atom. The molecule has 0 bridgehead atoms. The van der Waals surface area contributed by atoms with Crippen molar-refractivity contribution in [3.05, 3.63) is 29.8 Å². The topological polar surface area (TPSA) is 47.7 Å². The first-order valence-corrected chi connectivity index (χ1v) is 6.73. The number of hydrogen-bond acceptors (Lipinski definition) is 4. The van der Waals surface area contributed by atoms with E-state index in [0.29, 0.717) is 6.54 Å². The summed E-state index contributed by atoms with van der Waals surface area (Å²) in [5.74, 6) is 1.75. The molecule has 1 fully saturated rings. The number of rotatable bonds is 3. The number of nitrogens with zero attached hydrogens (tertiary/aromatic N) is 1. The van der Waals surface area contributed by atoms with Gasteiger partial charge >= 0.3 is 0 Å². The zero-order valence-corrected chi connectivity index (χ0v) is 11.3. The molecule has 3 rings (SSSR count). The van der Waals surface area contributed by atoms with Crippen molar-refractivity contribution in [3.8, 4) is 11.5 Å². The quantitative estimate of drug-likeness (QED) is 0.895. The smallest absolute Gasteiger partial charge is 0.141 e. The van der Waals surface area contributed by atoms with E-state index < -0.39 is 0 Å². The van der Waals surface area contributed by atoms with Gasteiger partial charge in [0.1, 0.15) is 17.1 Å². The predicted molar refractivity (Wildman–Crippen MR) is 75.5 cm³/mol. The van der Waals surface area contributed by atoms with Crippen LogP contribution < -0.4 is 15.2 Å². The first-order valence-electron chi connectivity index (χ1n) is 6.73. The highest BCUT2D eigenvalue weighted by atomic mass is 16.5. The van der Waals surface area contributed by atoms with Crippen molar-refractivity contribution in [3.63, 3.8) is 0 Å². The van der Waals surface area contributed by atoms with Crippen LogP contribution in [0.1, 0.15) is 12.0 Å². The van der Waals surface area contributed by atoms with Crippen LogP contribution in [-0.4, -0.2) is 43.8 Å². The molecule has 19 heavy (non-hydrogen) atoms. The molecule has 1 unspecified atom stereocenters. The first-order chi connectivity index (χ1) is 9.24. The average Bonchev–Trinajstić information content (AvgIpc) is 2.81. The van der Waals surface area contributed by atoms with Gasteiger partial charge in [-0.2, -0.15) is 0 Å². The molecular weight excluding hydrogens is 240 g/mol. The number of likely N-dealkylation sites (tertiary alicyclic amines) is 1. The summed E-state index contributed by atoms with van der Waals surface area (Å²) in [6.45, 7) is 3.59. The van der Waals surface area contributed by atoms with Gasteiger partial charge in [0.2, 0.25) is 0 Å². The maximum atomic E-state index is 6.25. The minimum atomic E-state index is -0.186. The van der Waals surface area contributed by atoms with Gasteiger partial charge in [-0.15, -0.1) is 0 Å². The van der Waals surface area contributed by atoms with Gasteiger partial charge in [0.25, 0.3) is 0 Å². The normalized spacial score (nSPS) is 25.4. The summed E-state index contributed by atoms with van der Waals surface area (Å²) < 4.78 is 11.5. The lowest BCUT2D eigenvalue weighted by Gasteiger charge is -2.31. The molecule has 4 heteroatoms. The molecule has 1 aromatic carbocycles. The van der Waals surface area contributed by atoms with Crippen molar-refractivity contribution in [1.82, 2.24) is 4.90 Å². The standard InChI is InChI=1S/C15H20N2O2/c1-18-13-3-2-12-4-5-15(19-14(12)10-13)6-8-17(11-15)9-7-16/h2-5,10H,6-9,11,16H2,1H3. The van der Waals surface area contributed by atoms with E-state index in [9.17, 15) is 0 Å². The predicted octanol–water partition coefficient (Wildman–Crippen LogP) is 1.50. The molecule has 2 aliphatic rings. The Balaban J connectivity index is 1.82. The molecule has 0 saturated carbocycles. The zero-order chi connectivity index (χ0) is 13.3. The van der Waals surface area contributed by atoms with Crippen LogP contribution in [0.3, 0.4) is 0 Å². The minimum Gasteiger partial charge on any atom is -0.497 e. The number of benzene rings is 1. The van der Waals surface area contributed by atoms with Gasteiger partial charge < -0.3 is 15.2 Å². The average molecular weight is 260 g/mol. The van der Waals surface area contributed by atoms with Crippen LogP contribution >= 0.6 is 0 Å². The number of methoxy groups -OCH3 is 1. The summed E-state index contributed by atoms with van der Waals surface area (Å²) in [7, 11) is 1.68. The highest BCUT2D eigenvalue weighted by molar-refractivity contribution is 5.62. The number of fused-ring (bicyclic) bond motifs is 1. The molecule has 2 heterocycles. The molecule has 2 N–H and O–H groups in total. The summed E-state index contributed by atoms with van der Waals surface area (Å²) in [5, 5.41) is 0. The third-order valence-corrected chi connectivity index (χ3v) is 3.89. The van der Waals surface area contributed by atoms with Crippen LogP contribution in [0.2, 0.25) is 0 Å². The zero-order valence-electron chi connectivity index (χ0n) is 11.3. The van der Waals surface area contributed by atoms with Crippen molar-refractivity contribution in [2.45, 2.75) is 12.0 Å². The molecule has 0 amide bonds. The monoisotopic (exact) mass is 260 g/mol. The Hall–Kier alpha value is -1.52. The lowest BCUT2D eigenvalue weighted by atomic mass is 9.97. The molecule has 1 atom stereocenters. The number of ether oxygens (including phenoxy) is 2. The third kappa shape index (κ3) is 2.33. The van der Waals surface area contributed by atoms with E-state index in [-0.39, 0.29) is 5.60 Å². The largest absolute Gasteiger partial charge is 0.497 e. The second-order valence-corrected chi connectivity index (χ2v) is 5.22. The molecule has 0 aromatic heterocycles. The van der Waals surface area contributed by atoms with Crippen molar-refractivity contribution in [1.29, 1.82) is 0 Å². The van der Waals surface area contributed by atoms with Gasteiger partial charge in [0, 0.05) is 44.2 Å². The van der Waals surface area contributed by atoms with Crippen LogP contribution in [0.25, 0.3) is 6.08 Å². The van der Waals surface area contributed by atoms with E-state index in [1.54, 1.807) is 7.11 Å². The van der Waals surface area contributed by atoms with E-state index in [0.717, 1.165) is 43.1 Å². The molecule has 4 nitrogen and oxygen atoms in total. The Kier molecular flexibility index (Phi) is 3.21. The molecule has 1 spiro atoms. The van der Waals surface area contributed by atoms with E-state index >= 15 is 0 Å². The summed E-state index contributed by atoms with van der Waals surface area (Å²) in [6, 6.07) is 5.95. The van der Waals surface area contributed by atoms with E-state index in [2.05, 4.69) is 17.1 Å². The molecular formula is C15H20N2O2. The van der Waals surface area contributed by atoms with E-state index in [1.165, 1.54) is 0 Å². The molecule has 0 radical (unpaired) electrons. The molecule has 1 aromatic rings. The van der Waals surface area contributed by atoms with Gasteiger partial charge in [0.15, 0.2) is 0 Å². The molecule has 2 aliphatic heterocycles. The summed E-state index contributed by atoms with van der Waals surface area (Å²) in [5.41, 5.74) is 6.55. The van der Waals surface area contributed by atoms with Crippen molar-refractivity contribution in [2.24, 2.45) is 5.73 Å². The van der Waals surface area contributed by atoms with Gasteiger partial charge in [-0.05, 0) is 18.2 Å². The minimum absolute atomic E-state index is 0.186. The lowest BCUT2D eigenvalue weighted by molar-refractivity contribution is 0.123. The van der Waals surface area contributed by atoms with Crippen LogP contribution in [0.5, 0.6) is 11.5 Å². The van der Waals surface area contributed by atoms with Gasteiger partial charge in [0.05, 0.1) is 7.11 Å². The summed E-state index contributed by atoms with van der Waals surface area (Å²) >= 11 is 0. The number of nitrogens with two attached hydrogens (primary N) is 1. The highest BCUT2D eigenvalue weighted by Gasteiger charge is 2.39. The fraction of sp³-hybridized carbons (Fsp3) is 0.467. The molecule has 0 aliphatic carbocycles.